The average Bonchev–Trinajstić information content (AvgIpc) is 3.16. The molecule has 0 fully saturated rings. The van der Waals surface area contributed by atoms with Gasteiger partial charge < -0.3 is 4.90 Å². The predicted molar refractivity (Wildman–Crippen MR) is 103 cm³/mol. The second-order valence-corrected chi connectivity index (χ2v) is 7.58. The minimum Gasteiger partial charge on any atom is -0.331 e. The van der Waals surface area contributed by atoms with E-state index >= 15 is 0 Å². The number of rotatable bonds is 4. The third-order valence-electron chi connectivity index (χ3n) is 4.94. The van der Waals surface area contributed by atoms with Crippen molar-refractivity contribution in [1.82, 2.24) is 4.90 Å². The van der Waals surface area contributed by atoms with Gasteiger partial charge in [0.15, 0.2) is 0 Å². The van der Waals surface area contributed by atoms with E-state index in [1.165, 1.54) is 28.1 Å². The van der Waals surface area contributed by atoms with Crippen LogP contribution in [0, 0.1) is 5.82 Å². The van der Waals surface area contributed by atoms with Gasteiger partial charge in [-0.2, -0.15) is 0 Å². The summed E-state index contributed by atoms with van der Waals surface area (Å²) >= 11 is 1.74. The standard InChI is InChI=1S/C22H20FNOS/c23-18-9-7-17(8-10-18)22-19-13-15-26-20(19)12-14-24(22)21(25)11-6-16-4-2-1-3-5-16/h1-5,7-10,13,15,22H,6,11-12,14H2/t22-/m0/s1. The van der Waals surface area contributed by atoms with E-state index in [0.29, 0.717) is 13.0 Å². The number of hydrogen-bond donors (Lipinski definition) is 0. The molecule has 0 spiro atoms. The van der Waals surface area contributed by atoms with Gasteiger partial charge in [-0.1, -0.05) is 42.5 Å². The maximum atomic E-state index is 13.4. The van der Waals surface area contributed by atoms with Crippen LogP contribution in [0.15, 0.2) is 66.0 Å². The minimum atomic E-state index is -0.253. The number of fused-ring (bicyclic) bond motifs is 1. The second-order valence-electron chi connectivity index (χ2n) is 6.58. The van der Waals surface area contributed by atoms with E-state index in [1.54, 1.807) is 23.5 Å². The topological polar surface area (TPSA) is 20.3 Å². The number of amides is 1. The van der Waals surface area contributed by atoms with Crippen LogP contribution in [0.25, 0.3) is 0 Å². The van der Waals surface area contributed by atoms with Crippen LogP contribution in [0.1, 0.15) is 34.0 Å². The van der Waals surface area contributed by atoms with Crippen molar-refractivity contribution >= 4 is 17.2 Å². The van der Waals surface area contributed by atoms with Gasteiger partial charge in [0.25, 0.3) is 0 Å². The highest BCUT2D eigenvalue weighted by Gasteiger charge is 2.32. The molecule has 1 aliphatic heterocycles. The van der Waals surface area contributed by atoms with Crippen LogP contribution in [-0.4, -0.2) is 17.4 Å². The molecule has 1 atom stereocenters. The summed E-state index contributed by atoms with van der Waals surface area (Å²) in [5.74, 6) is -0.0999. The van der Waals surface area contributed by atoms with Crippen LogP contribution in [-0.2, 0) is 17.6 Å². The Morgan fingerprint density at radius 2 is 1.85 bits per heavy atom. The molecule has 26 heavy (non-hydrogen) atoms. The number of carbonyl (C=O) groups excluding carboxylic acids is 1. The van der Waals surface area contributed by atoms with Crippen LogP contribution in [0.4, 0.5) is 4.39 Å². The average molecular weight is 365 g/mol. The van der Waals surface area contributed by atoms with Crippen LogP contribution in [0.5, 0.6) is 0 Å². The molecule has 1 aliphatic rings. The third kappa shape index (κ3) is 3.42. The maximum Gasteiger partial charge on any atom is 0.223 e. The van der Waals surface area contributed by atoms with Gasteiger partial charge in [-0.3, -0.25) is 4.79 Å². The van der Waals surface area contributed by atoms with Crippen LogP contribution in [0.2, 0.25) is 0 Å². The molecule has 1 amide bonds. The highest BCUT2D eigenvalue weighted by molar-refractivity contribution is 7.10. The summed E-state index contributed by atoms with van der Waals surface area (Å²) in [5, 5.41) is 2.08. The number of aryl methyl sites for hydroxylation is 1. The van der Waals surface area contributed by atoms with E-state index in [1.807, 2.05) is 23.1 Å². The molecule has 0 N–H and O–H groups in total. The summed E-state index contributed by atoms with van der Waals surface area (Å²) in [4.78, 5) is 16.3. The number of halogens is 1. The van der Waals surface area contributed by atoms with Gasteiger partial charge in [-0.15, -0.1) is 11.3 Å². The van der Waals surface area contributed by atoms with Gasteiger partial charge in [0.05, 0.1) is 6.04 Å². The number of carbonyl (C=O) groups is 1. The first kappa shape index (κ1) is 17.0. The van der Waals surface area contributed by atoms with Crippen molar-refractivity contribution in [2.24, 2.45) is 0 Å². The summed E-state index contributed by atoms with van der Waals surface area (Å²) in [5.41, 5.74) is 3.33. The van der Waals surface area contributed by atoms with E-state index in [4.69, 9.17) is 0 Å². The SMILES string of the molecule is O=C(CCc1ccccc1)N1CCc2sccc2[C@@H]1c1ccc(F)cc1. The van der Waals surface area contributed by atoms with E-state index in [-0.39, 0.29) is 17.8 Å². The summed E-state index contributed by atoms with van der Waals surface area (Å²) in [6.07, 6.45) is 2.12. The summed E-state index contributed by atoms with van der Waals surface area (Å²) in [6.45, 7) is 0.711. The van der Waals surface area contributed by atoms with Crippen molar-refractivity contribution in [3.63, 3.8) is 0 Å². The highest BCUT2D eigenvalue weighted by Crippen LogP contribution is 2.38. The fraction of sp³-hybridized carbons (Fsp3) is 0.227. The van der Waals surface area contributed by atoms with E-state index < -0.39 is 0 Å². The lowest BCUT2D eigenvalue weighted by molar-refractivity contribution is -0.133. The van der Waals surface area contributed by atoms with Crippen molar-refractivity contribution in [3.05, 3.63) is 93.4 Å². The number of nitrogens with zero attached hydrogens (tertiary/aromatic N) is 1. The highest BCUT2D eigenvalue weighted by atomic mass is 32.1. The Balaban J connectivity index is 1.59. The largest absolute Gasteiger partial charge is 0.331 e. The van der Waals surface area contributed by atoms with Gasteiger partial charge in [0, 0.05) is 17.8 Å². The normalized spacial score (nSPS) is 16.3. The zero-order chi connectivity index (χ0) is 17.9. The van der Waals surface area contributed by atoms with Crippen LogP contribution in [0.3, 0.4) is 0 Å². The van der Waals surface area contributed by atoms with Crippen LogP contribution < -0.4 is 0 Å². The molecule has 0 unspecified atom stereocenters. The van der Waals surface area contributed by atoms with Crippen molar-refractivity contribution < 1.29 is 9.18 Å². The Hall–Kier alpha value is -2.46. The van der Waals surface area contributed by atoms with Gasteiger partial charge >= 0.3 is 0 Å². The molecule has 1 aromatic heterocycles. The van der Waals surface area contributed by atoms with Gasteiger partial charge in [-0.25, -0.2) is 4.39 Å². The Labute approximate surface area is 156 Å². The smallest absolute Gasteiger partial charge is 0.223 e. The molecular formula is C22H20FNOS. The third-order valence-corrected chi connectivity index (χ3v) is 5.94. The molecule has 3 aromatic rings. The molecule has 2 aromatic carbocycles. The van der Waals surface area contributed by atoms with Crippen molar-refractivity contribution in [2.75, 3.05) is 6.54 Å². The van der Waals surface area contributed by atoms with E-state index in [0.717, 1.165) is 18.4 Å². The van der Waals surface area contributed by atoms with Gasteiger partial charge in [0.2, 0.25) is 5.91 Å². The zero-order valence-electron chi connectivity index (χ0n) is 14.4. The predicted octanol–water partition coefficient (Wildman–Crippen LogP) is 4.99. The number of hydrogen-bond acceptors (Lipinski definition) is 2. The molecule has 0 radical (unpaired) electrons. The molecule has 0 bridgehead atoms. The monoisotopic (exact) mass is 365 g/mol. The summed E-state index contributed by atoms with van der Waals surface area (Å²) < 4.78 is 13.4. The Morgan fingerprint density at radius 1 is 1.08 bits per heavy atom. The first-order chi connectivity index (χ1) is 12.7. The second kappa shape index (κ2) is 7.42. The molecule has 4 heteroatoms. The molecule has 2 nitrogen and oxygen atoms in total. The van der Waals surface area contributed by atoms with Crippen molar-refractivity contribution in [3.8, 4) is 0 Å². The lowest BCUT2D eigenvalue weighted by Crippen LogP contribution is -2.40. The number of thiophene rings is 1. The van der Waals surface area contributed by atoms with Gasteiger partial charge in [0.1, 0.15) is 5.82 Å². The molecule has 2 heterocycles. The number of benzene rings is 2. The fourth-order valence-electron chi connectivity index (χ4n) is 3.63. The minimum absolute atomic E-state index is 0.117. The Kier molecular flexibility index (Phi) is 4.85. The van der Waals surface area contributed by atoms with E-state index in [9.17, 15) is 9.18 Å². The summed E-state index contributed by atoms with van der Waals surface area (Å²) in [6, 6.07) is 18.6. The molecule has 0 aliphatic carbocycles. The Bertz CT molecular complexity index is 888. The lowest BCUT2D eigenvalue weighted by Gasteiger charge is -2.36. The summed E-state index contributed by atoms with van der Waals surface area (Å²) in [7, 11) is 0. The molecular weight excluding hydrogens is 345 g/mol. The molecule has 4 rings (SSSR count). The molecule has 0 saturated heterocycles. The fourth-order valence-corrected chi connectivity index (χ4v) is 4.53. The first-order valence-corrected chi connectivity index (χ1v) is 9.75. The van der Waals surface area contributed by atoms with Crippen LogP contribution >= 0.6 is 11.3 Å². The lowest BCUT2D eigenvalue weighted by atomic mass is 9.92. The molecule has 0 saturated carbocycles. The quantitative estimate of drug-likeness (QED) is 0.637. The Morgan fingerprint density at radius 3 is 2.62 bits per heavy atom. The first-order valence-electron chi connectivity index (χ1n) is 8.87. The van der Waals surface area contributed by atoms with Crippen molar-refractivity contribution in [2.45, 2.75) is 25.3 Å². The molecule has 132 valence electrons. The maximum absolute atomic E-state index is 13.4. The van der Waals surface area contributed by atoms with Gasteiger partial charge in [-0.05, 0) is 53.1 Å². The van der Waals surface area contributed by atoms with Crippen molar-refractivity contribution in [1.29, 1.82) is 0 Å². The van der Waals surface area contributed by atoms with E-state index in [2.05, 4.69) is 23.6 Å². The zero-order valence-corrected chi connectivity index (χ0v) is 15.2.